The fourth-order valence-electron chi connectivity index (χ4n) is 2.97. The zero-order valence-corrected chi connectivity index (χ0v) is 11.7. The average molecular weight is 300 g/mol. The number of nitrogens with one attached hydrogen (secondary N) is 1. The number of rotatable bonds is 4. The van der Waals surface area contributed by atoms with Crippen molar-refractivity contribution in [1.82, 2.24) is 4.72 Å². The molecular formula is C13H17FN2O3S. The molecule has 110 valence electrons. The SMILES string of the molecule is NCc1ccc(F)cc1S(=O)(=O)NC1CC2CCC1O2. The Bertz CT molecular complexity index is 620. The summed E-state index contributed by atoms with van der Waals surface area (Å²) >= 11 is 0. The van der Waals surface area contributed by atoms with Crippen molar-refractivity contribution >= 4 is 10.0 Å². The smallest absolute Gasteiger partial charge is 0.241 e. The summed E-state index contributed by atoms with van der Waals surface area (Å²) in [6, 6.07) is 3.40. The molecule has 0 aliphatic carbocycles. The second kappa shape index (κ2) is 5.07. The minimum Gasteiger partial charge on any atom is -0.373 e. The maximum Gasteiger partial charge on any atom is 0.241 e. The number of sulfonamides is 1. The van der Waals surface area contributed by atoms with E-state index in [0.29, 0.717) is 12.0 Å². The van der Waals surface area contributed by atoms with Gasteiger partial charge >= 0.3 is 0 Å². The molecule has 3 N–H and O–H groups in total. The van der Waals surface area contributed by atoms with Gasteiger partial charge in [-0.15, -0.1) is 0 Å². The van der Waals surface area contributed by atoms with Crippen LogP contribution in [0.1, 0.15) is 24.8 Å². The van der Waals surface area contributed by atoms with E-state index in [-0.39, 0.29) is 29.7 Å². The molecule has 3 atom stereocenters. The lowest BCUT2D eigenvalue weighted by Gasteiger charge is -2.20. The van der Waals surface area contributed by atoms with E-state index in [4.69, 9.17) is 10.5 Å². The van der Waals surface area contributed by atoms with Crippen molar-refractivity contribution in [2.75, 3.05) is 0 Å². The van der Waals surface area contributed by atoms with Gasteiger partial charge in [0.1, 0.15) is 5.82 Å². The molecule has 3 unspecified atom stereocenters. The lowest BCUT2D eigenvalue weighted by atomic mass is 9.96. The molecule has 3 rings (SSSR count). The van der Waals surface area contributed by atoms with Crippen molar-refractivity contribution in [1.29, 1.82) is 0 Å². The van der Waals surface area contributed by atoms with Crippen LogP contribution in [0.3, 0.4) is 0 Å². The molecule has 1 aromatic carbocycles. The van der Waals surface area contributed by atoms with E-state index in [2.05, 4.69) is 4.72 Å². The van der Waals surface area contributed by atoms with Crippen LogP contribution in [0.4, 0.5) is 4.39 Å². The van der Waals surface area contributed by atoms with Gasteiger partial charge in [0.05, 0.1) is 23.1 Å². The number of nitrogens with two attached hydrogens (primary N) is 1. The molecule has 0 saturated carbocycles. The molecule has 2 aliphatic heterocycles. The highest BCUT2D eigenvalue weighted by Crippen LogP contribution is 2.35. The molecule has 7 heteroatoms. The van der Waals surface area contributed by atoms with Gasteiger partial charge in [-0.05, 0) is 37.0 Å². The average Bonchev–Trinajstić information content (AvgIpc) is 3.00. The minimum absolute atomic E-state index is 0.0454. The van der Waals surface area contributed by atoms with Gasteiger partial charge in [0.2, 0.25) is 10.0 Å². The van der Waals surface area contributed by atoms with E-state index in [1.165, 1.54) is 12.1 Å². The molecule has 1 aromatic rings. The number of benzene rings is 1. The van der Waals surface area contributed by atoms with E-state index in [9.17, 15) is 12.8 Å². The predicted octanol–water partition coefficient (Wildman–Crippen LogP) is 0.883. The summed E-state index contributed by atoms with van der Waals surface area (Å²) in [5.41, 5.74) is 5.93. The molecule has 2 saturated heterocycles. The van der Waals surface area contributed by atoms with Crippen molar-refractivity contribution in [3.63, 3.8) is 0 Å². The first-order chi connectivity index (χ1) is 9.49. The zero-order valence-electron chi connectivity index (χ0n) is 10.9. The van der Waals surface area contributed by atoms with Gasteiger partial charge in [-0.1, -0.05) is 6.07 Å². The number of hydrogen-bond acceptors (Lipinski definition) is 4. The topological polar surface area (TPSA) is 81.4 Å². The summed E-state index contributed by atoms with van der Waals surface area (Å²) in [5, 5.41) is 0. The Morgan fingerprint density at radius 3 is 2.80 bits per heavy atom. The monoisotopic (exact) mass is 300 g/mol. The summed E-state index contributed by atoms with van der Waals surface area (Å²) in [5.74, 6) is -0.591. The van der Waals surface area contributed by atoms with E-state index < -0.39 is 15.8 Å². The number of ether oxygens (including phenoxy) is 1. The molecule has 0 amide bonds. The van der Waals surface area contributed by atoms with Crippen LogP contribution in [0.15, 0.2) is 23.1 Å². The van der Waals surface area contributed by atoms with Crippen molar-refractivity contribution in [2.24, 2.45) is 5.73 Å². The lowest BCUT2D eigenvalue weighted by molar-refractivity contribution is 0.0996. The third-order valence-electron chi connectivity index (χ3n) is 3.95. The van der Waals surface area contributed by atoms with Gasteiger partial charge in [-0.25, -0.2) is 17.5 Å². The minimum atomic E-state index is -3.78. The number of halogens is 1. The first-order valence-corrected chi connectivity index (χ1v) is 8.14. The Morgan fingerprint density at radius 1 is 1.40 bits per heavy atom. The Kier molecular flexibility index (Phi) is 3.53. The molecule has 2 fully saturated rings. The second-order valence-electron chi connectivity index (χ2n) is 5.29. The Morgan fingerprint density at radius 2 is 2.20 bits per heavy atom. The fraction of sp³-hybridized carbons (Fsp3) is 0.538. The molecule has 2 aliphatic rings. The molecule has 0 spiro atoms. The summed E-state index contributed by atoms with van der Waals surface area (Å²) in [6.45, 7) is 0.0454. The van der Waals surface area contributed by atoms with Gasteiger partial charge in [-0.2, -0.15) is 0 Å². The second-order valence-corrected chi connectivity index (χ2v) is 6.98. The standard InChI is InChI=1S/C13H17FN2O3S/c14-9-2-1-8(7-15)13(5-9)20(17,18)16-11-6-10-3-4-12(11)19-10/h1-2,5,10-12,16H,3-4,6-7,15H2. The first-order valence-electron chi connectivity index (χ1n) is 6.66. The van der Waals surface area contributed by atoms with Crippen molar-refractivity contribution in [2.45, 2.75) is 49.0 Å². The molecule has 2 bridgehead atoms. The van der Waals surface area contributed by atoms with Gasteiger partial charge in [0.15, 0.2) is 0 Å². The molecule has 20 heavy (non-hydrogen) atoms. The third kappa shape index (κ3) is 2.46. The maximum absolute atomic E-state index is 13.3. The first kappa shape index (κ1) is 13.9. The number of hydrogen-bond donors (Lipinski definition) is 2. The summed E-state index contributed by atoms with van der Waals surface area (Å²) < 4.78 is 46.4. The van der Waals surface area contributed by atoms with Crippen LogP contribution in [0.2, 0.25) is 0 Å². The van der Waals surface area contributed by atoms with Gasteiger partial charge in [0.25, 0.3) is 0 Å². The van der Waals surface area contributed by atoms with Crippen LogP contribution in [0.25, 0.3) is 0 Å². The maximum atomic E-state index is 13.3. The predicted molar refractivity (Wildman–Crippen MR) is 70.9 cm³/mol. The van der Waals surface area contributed by atoms with Crippen LogP contribution in [-0.2, 0) is 21.3 Å². The molecule has 5 nitrogen and oxygen atoms in total. The summed E-state index contributed by atoms with van der Waals surface area (Å²) in [6.07, 6.45) is 2.61. The van der Waals surface area contributed by atoms with Crippen molar-refractivity contribution in [3.8, 4) is 0 Å². The van der Waals surface area contributed by atoms with E-state index in [1.807, 2.05) is 0 Å². The van der Waals surface area contributed by atoms with Gasteiger partial charge < -0.3 is 10.5 Å². The van der Waals surface area contributed by atoms with Crippen LogP contribution in [0, 0.1) is 5.82 Å². The fourth-order valence-corrected chi connectivity index (χ4v) is 4.51. The van der Waals surface area contributed by atoms with E-state index >= 15 is 0 Å². The van der Waals surface area contributed by atoms with E-state index in [1.54, 1.807) is 0 Å². The van der Waals surface area contributed by atoms with Crippen LogP contribution in [-0.4, -0.2) is 26.7 Å². The Balaban J connectivity index is 1.86. The van der Waals surface area contributed by atoms with Gasteiger partial charge in [0, 0.05) is 6.54 Å². The largest absolute Gasteiger partial charge is 0.373 e. The Labute approximate surface area is 117 Å². The zero-order chi connectivity index (χ0) is 14.3. The van der Waals surface area contributed by atoms with Crippen LogP contribution < -0.4 is 10.5 Å². The lowest BCUT2D eigenvalue weighted by Crippen LogP contribution is -2.41. The normalized spacial score (nSPS) is 29.0. The quantitative estimate of drug-likeness (QED) is 0.865. The molecule has 2 heterocycles. The molecule has 0 radical (unpaired) electrons. The van der Waals surface area contributed by atoms with Crippen molar-refractivity contribution < 1.29 is 17.5 Å². The van der Waals surface area contributed by atoms with Gasteiger partial charge in [-0.3, -0.25) is 0 Å². The van der Waals surface area contributed by atoms with E-state index in [0.717, 1.165) is 18.9 Å². The molecule has 0 aromatic heterocycles. The van der Waals surface area contributed by atoms with Crippen LogP contribution >= 0.6 is 0 Å². The third-order valence-corrected chi connectivity index (χ3v) is 5.52. The Hall–Kier alpha value is -1.02. The number of fused-ring (bicyclic) bond motifs is 2. The summed E-state index contributed by atoms with van der Waals surface area (Å²) in [7, 11) is -3.78. The van der Waals surface area contributed by atoms with Crippen LogP contribution in [0.5, 0.6) is 0 Å². The molecular weight excluding hydrogens is 283 g/mol. The summed E-state index contributed by atoms with van der Waals surface area (Å²) in [4.78, 5) is -0.0808. The highest BCUT2D eigenvalue weighted by Gasteiger charge is 2.42. The highest BCUT2D eigenvalue weighted by atomic mass is 32.2. The highest BCUT2D eigenvalue weighted by molar-refractivity contribution is 7.89. The van der Waals surface area contributed by atoms with Crippen molar-refractivity contribution in [3.05, 3.63) is 29.6 Å².